The van der Waals surface area contributed by atoms with E-state index in [4.69, 9.17) is 4.74 Å². The normalized spacial score (nSPS) is 20.9. The predicted octanol–water partition coefficient (Wildman–Crippen LogP) is 1.41. The molecule has 2 heterocycles. The van der Waals surface area contributed by atoms with Crippen LogP contribution in [0.4, 0.5) is 8.78 Å². The van der Waals surface area contributed by atoms with E-state index < -0.39 is 11.6 Å². The highest BCUT2D eigenvalue weighted by molar-refractivity contribution is 5.82. The summed E-state index contributed by atoms with van der Waals surface area (Å²) in [5.74, 6) is -0.0649. The quantitative estimate of drug-likeness (QED) is 0.634. The first-order chi connectivity index (χ1) is 13.1. The third kappa shape index (κ3) is 4.94. The number of nitrogens with one attached hydrogen (secondary N) is 1. The van der Waals surface area contributed by atoms with Crippen molar-refractivity contribution in [2.24, 2.45) is 4.99 Å². The number of halogens is 2. The summed E-state index contributed by atoms with van der Waals surface area (Å²) < 4.78 is 32.4. The van der Waals surface area contributed by atoms with E-state index in [0.717, 1.165) is 25.0 Å². The summed E-state index contributed by atoms with van der Waals surface area (Å²) >= 11 is 0. The lowest BCUT2D eigenvalue weighted by atomic mass is 10.1. The summed E-state index contributed by atoms with van der Waals surface area (Å²) in [5, 5.41) is 3.19. The summed E-state index contributed by atoms with van der Waals surface area (Å²) in [6.07, 6.45) is 1.83. The fraction of sp³-hybridized carbons (Fsp3) is 0.579. The number of aliphatic imine (C=N–C) groups is 1. The summed E-state index contributed by atoms with van der Waals surface area (Å²) in [6, 6.07) is 3.47. The molecule has 1 atom stereocenters. The summed E-state index contributed by atoms with van der Waals surface area (Å²) in [5.41, 5.74) is 0.338. The van der Waals surface area contributed by atoms with Crippen LogP contribution in [0.2, 0.25) is 0 Å². The van der Waals surface area contributed by atoms with Gasteiger partial charge in [-0.25, -0.2) is 8.78 Å². The van der Waals surface area contributed by atoms with E-state index in [-0.39, 0.29) is 12.0 Å². The number of amides is 1. The average Bonchev–Trinajstić information content (AvgIpc) is 3.22. The standard InChI is InChI=1S/C19H26F2N4O2/c1-22-19(23-7-6-14-13-15(20)4-5-16(14)21)25-10-8-24(9-11-25)18(26)17-3-2-12-27-17/h4-5,13,17H,2-3,6-12H2,1H3,(H,22,23). The molecular formula is C19H26F2N4O2. The largest absolute Gasteiger partial charge is 0.368 e. The summed E-state index contributed by atoms with van der Waals surface area (Å²) in [7, 11) is 1.69. The molecule has 0 spiro atoms. The van der Waals surface area contributed by atoms with Crippen molar-refractivity contribution < 1.29 is 18.3 Å². The molecule has 1 aromatic rings. The third-order valence-corrected chi connectivity index (χ3v) is 4.99. The highest BCUT2D eigenvalue weighted by Gasteiger charge is 2.30. The number of piperazine rings is 1. The van der Waals surface area contributed by atoms with E-state index in [0.29, 0.717) is 57.3 Å². The number of hydrogen-bond donors (Lipinski definition) is 1. The zero-order chi connectivity index (χ0) is 19.2. The average molecular weight is 380 g/mol. The van der Waals surface area contributed by atoms with Gasteiger partial charge in [-0.2, -0.15) is 0 Å². The van der Waals surface area contributed by atoms with Gasteiger partial charge in [0.25, 0.3) is 5.91 Å². The van der Waals surface area contributed by atoms with Gasteiger partial charge in [0.05, 0.1) is 0 Å². The molecule has 6 nitrogen and oxygen atoms in total. The second-order valence-corrected chi connectivity index (χ2v) is 6.77. The van der Waals surface area contributed by atoms with Crippen LogP contribution in [-0.4, -0.2) is 74.1 Å². The Morgan fingerprint density at radius 2 is 2.00 bits per heavy atom. The Hall–Kier alpha value is -2.22. The lowest BCUT2D eigenvalue weighted by Crippen LogP contribution is -2.55. The van der Waals surface area contributed by atoms with E-state index in [1.165, 1.54) is 6.07 Å². The minimum Gasteiger partial charge on any atom is -0.368 e. The van der Waals surface area contributed by atoms with E-state index in [1.54, 1.807) is 7.05 Å². The Kier molecular flexibility index (Phi) is 6.60. The van der Waals surface area contributed by atoms with Gasteiger partial charge in [0, 0.05) is 46.4 Å². The molecule has 2 saturated heterocycles. The molecule has 0 bridgehead atoms. The van der Waals surface area contributed by atoms with Gasteiger partial charge < -0.3 is 19.9 Å². The molecular weight excluding hydrogens is 354 g/mol. The van der Waals surface area contributed by atoms with Gasteiger partial charge >= 0.3 is 0 Å². The second-order valence-electron chi connectivity index (χ2n) is 6.77. The molecule has 0 aliphatic carbocycles. The van der Waals surface area contributed by atoms with Crippen molar-refractivity contribution in [3.63, 3.8) is 0 Å². The first kappa shape index (κ1) is 19.5. The molecule has 0 radical (unpaired) electrons. The van der Waals surface area contributed by atoms with Gasteiger partial charge in [0.15, 0.2) is 5.96 Å². The Labute approximate surface area is 158 Å². The molecule has 2 aliphatic heterocycles. The van der Waals surface area contributed by atoms with E-state index in [1.807, 2.05) is 4.90 Å². The van der Waals surface area contributed by atoms with Crippen molar-refractivity contribution in [2.75, 3.05) is 46.4 Å². The van der Waals surface area contributed by atoms with Crippen LogP contribution in [0.5, 0.6) is 0 Å². The second kappa shape index (κ2) is 9.12. The maximum Gasteiger partial charge on any atom is 0.251 e. The maximum atomic E-state index is 13.7. The molecule has 3 rings (SSSR count). The monoisotopic (exact) mass is 380 g/mol. The molecule has 8 heteroatoms. The van der Waals surface area contributed by atoms with Gasteiger partial charge in [0.2, 0.25) is 0 Å². The smallest absolute Gasteiger partial charge is 0.251 e. The number of hydrogen-bond acceptors (Lipinski definition) is 3. The van der Waals surface area contributed by atoms with Crippen LogP contribution in [0.1, 0.15) is 18.4 Å². The molecule has 1 N–H and O–H groups in total. The maximum absolute atomic E-state index is 13.7. The van der Waals surface area contributed by atoms with E-state index in [9.17, 15) is 13.6 Å². The Morgan fingerprint density at radius 3 is 2.67 bits per heavy atom. The number of nitrogens with zero attached hydrogens (tertiary/aromatic N) is 3. The van der Waals surface area contributed by atoms with Crippen LogP contribution >= 0.6 is 0 Å². The summed E-state index contributed by atoms with van der Waals surface area (Å²) in [6.45, 7) is 3.70. The third-order valence-electron chi connectivity index (χ3n) is 4.99. The molecule has 0 saturated carbocycles. The molecule has 0 aromatic heterocycles. The van der Waals surface area contributed by atoms with Crippen molar-refractivity contribution in [1.82, 2.24) is 15.1 Å². The Morgan fingerprint density at radius 1 is 1.26 bits per heavy atom. The minimum atomic E-state index is -0.442. The molecule has 148 valence electrons. The van der Waals surface area contributed by atoms with E-state index >= 15 is 0 Å². The zero-order valence-electron chi connectivity index (χ0n) is 15.6. The van der Waals surface area contributed by atoms with Crippen LogP contribution in [-0.2, 0) is 16.0 Å². The molecule has 27 heavy (non-hydrogen) atoms. The number of rotatable bonds is 4. The van der Waals surface area contributed by atoms with Crippen LogP contribution < -0.4 is 5.32 Å². The molecule has 1 unspecified atom stereocenters. The first-order valence-electron chi connectivity index (χ1n) is 9.38. The lowest BCUT2D eigenvalue weighted by Gasteiger charge is -2.37. The van der Waals surface area contributed by atoms with Crippen molar-refractivity contribution >= 4 is 11.9 Å². The van der Waals surface area contributed by atoms with Gasteiger partial charge in [0.1, 0.15) is 17.7 Å². The van der Waals surface area contributed by atoms with Crippen LogP contribution in [0.25, 0.3) is 0 Å². The molecule has 2 aliphatic rings. The Bertz CT molecular complexity index is 684. The summed E-state index contributed by atoms with van der Waals surface area (Å²) in [4.78, 5) is 20.6. The predicted molar refractivity (Wildman–Crippen MR) is 98.6 cm³/mol. The van der Waals surface area contributed by atoms with Crippen molar-refractivity contribution in [3.05, 3.63) is 35.4 Å². The van der Waals surface area contributed by atoms with Crippen molar-refractivity contribution in [1.29, 1.82) is 0 Å². The van der Waals surface area contributed by atoms with Gasteiger partial charge in [-0.3, -0.25) is 9.79 Å². The van der Waals surface area contributed by atoms with Crippen molar-refractivity contribution in [2.45, 2.75) is 25.4 Å². The van der Waals surface area contributed by atoms with Crippen LogP contribution in [0, 0.1) is 11.6 Å². The molecule has 1 aromatic carbocycles. The number of benzene rings is 1. The molecule has 1 amide bonds. The van der Waals surface area contributed by atoms with Gasteiger partial charge in [-0.1, -0.05) is 0 Å². The lowest BCUT2D eigenvalue weighted by molar-refractivity contribution is -0.142. The van der Waals surface area contributed by atoms with Gasteiger partial charge in [-0.05, 0) is 43.0 Å². The van der Waals surface area contributed by atoms with Crippen molar-refractivity contribution in [3.8, 4) is 0 Å². The first-order valence-corrected chi connectivity index (χ1v) is 9.38. The SMILES string of the molecule is CN=C(NCCc1cc(F)ccc1F)N1CCN(C(=O)C2CCCO2)CC1. The zero-order valence-corrected chi connectivity index (χ0v) is 15.6. The van der Waals surface area contributed by atoms with Gasteiger partial charge in [-0.15, -0.1) is 0 Å². The fourth-order valence-corrected chi connectivity index (χ4v) is 3.49. The number of carbonyl (C=O) groups is 1. The number of guanidine groups is 1. The van der Waals surface area contributed by atoms with Crippen LogP contribution in [0.15, 0.2) is 23.2 Å². The Balaban J connectivity index is 1.46. The topological polar surface area (TPSA) is 57.2 Å². The van der Waals surface area contributed by atoms with E-state index in [2.05, 4.69) is 15.2 Å². The molecule has 2 fully saturated rings. The number of ether oxygens (including phenoxy) is 1. The number of carbonyl (C=O) groups excluding carboxylic acids is 1. The highest BCUT2D eigenvalue weighted by atomic mass is 19.1. The fourth-order valence-electron chi connectivity index (χ4n) is 3.49. The van der Waals surface area contributed by atoms with Crippen LogP contribution in [0.3, 0.4) is 0 Å². The minimum absolute atomic E-state index is 0.0803. The highest BCUT2D eigenvalue weighted by Crippen LogP contribution is 2.16.